The highest BCUT2D eigenvalue weighted by molar-refractivity contribution is 8.00. The van der Waals surface area contributed by atoms with Crippen LogP contribution < -0.4 is 10.9 Å². The highest BCUT2D eigenvalue weighted by Crippen LogP contribution is 2.35. The van der Waals surface area contributed by atoms with Gasteiger partial charge < -0.3 is 4.98 Å². The normalized spacial score (nSPS) is 10.5. The summed E-state index contributed by atoms with van der Waals surface area (Å²) in [7, 11) is 0. The Hall–Kier alpha value is -2.99. The van der Waals surface area contributed by atoms with Crippen molar-refractivity contribution in [1.29, 1.82) is 0 Å². The third-order valence-electron chi connectivity index (χ3n) is 3.74. The number of carbonyl (C=O) groups excluding carboxylic acids is 2. The standard InChI is InChI=1S/C20H19N3O2S/c24-18(22-23-20(25)17-12-7-13-21-17)14-26-19(15-8-3-1-4-9-15)16-10-5-2-6-11-16/h1-13,19,21H,14H2,(H,22,24)(H,23,25). The minimum Gasteiger partial charge on any atom is -0.357 e. The van der Waals surface area contributed by atoms with Crippen molar-refractivity contribution in [3.63, 3.8) is 0 Å². The minimum atomic E-state index is -0.379. The molecule has 0 aliphatic heterocycles. The second-order valence-corrected chi connectivity index (χ2v) is 6.69. The molecule has 0 bridgehead atoms. The van der Waals surface area contributed by atoms with Crippen LogP contribution in [0.4, 0.5) is 0 Å². The summed E-state index contributed by atoms with van der Waals surface area (Å²) in [5.41, 5.74) is 7.51. The number of hydrogen-bond donors (Lipinski definition) is 3. The Balaban J connectivity index is 1.59. The smallest absolute Gasteiger partial charge is 0.286 e. The summed E-state index contributed by atoms with van der Waals surface area (Å²) in [6.45, 7) is 0. The summed E-state index contributed by atoms with van der Waals surface area (Å²) in [6.07, 6.45) is 1.65. The average molecular weight is 365 g/mol. The molecule has 0 saturated carbocycles. The van der Waals surface area contributed by atoms with Crippen molar-refractivity contribution in [3.05, 3.63) is 95.8 Å². The maximum absolute atomic E-state index is 12.1. The van der Waals surface area contributed by atoms with Gasteiger partial charge in [-0.05, 0) is 23.3 Å². The predicted octanol–water partition coefficient (Wildman–Crippen LogP) is 3.30. The van der Waals surface area contributed by atoms with Gasteiger partial charge in [0.15, 0.2) is 0 Å². The zero-order chi connectivity index (χ0) is 18.2. The van der Waals surface area contributed by atoms with Gasteiger partial charge in [0, 0.05) is 6.20 Å². The van der Waals surface area contributed by atoms with E-state index in [9.17, 15) is 9.59 Å². The number of thioether (sulfide) groups is 1. The van der Waals surface area contributed by atoms with E-state index in [0.717, 1.165) is 11.1 Å². The first kappa shape index (κ1) is 17.8. The summed E-state index contributed by atoms with van der Waals surface area (Å²) in [5, 5.41) is 0.0438. The summed E-state index contributed by atoms with van der Waals surface area (Å²) in [6, 6.07) is 23.5. The van der Waals surface area contributed by atoms with Crippen LogP contribution in [0.2, 0.25) is 0 Å². The fraction of sp³-hybridized carbons (Fsp3) is 0.100. The first-order chi connectivity index (χ1) is 12.7. The van der Waals surface area contributed by atoms with Gasteiger partial charge in [-0.15, -0.1) is 11.8 Å². The first-order valence-corrected chi connectivity index (χ1v) is 9.23. The molecule has 0 saturated heterocycles. The van der Waals surface area contributed by atoms with E-state index in [4.69, 9.17) is 0 Å². The molecule has 0 atom stereocenters. The van der Waals surface area contributed by atoms with E-state index in [2.05, 4.69) is 40.1 Å². The Bertz CT molecular complexity index is 797. The van der Waals surface area contributed by atoms with Gasteiger partial charge in [-0.3, -0.25) is 20.4 Å². The van der Waals surface area contributed by atoms with Crippen LogP contribution in [0, 0.1) is 0 Å². The second-order valence-electron chi connectivity index (χ2n) is 5.60. The largest absolute Gasteiger partial charge is 0.357 e. The number of H-pyrrole nitrogens is 1. The van der Waals surface area contributed by atoms with Crippen LogP contribution in [0.5, 0.6) is 0 Å². The minimum absolute atomic E-state index is 0.0438. The number of hydrazine groups is 1. The molecule has 0 aliphatic rings. The molecule has 0 radical (unpaired) electrons. The highest BCUT2D eigenvalue weighted by atomic mass is 32.2. The molecule has 0 spiro atoms. The molecule has 0 fully saturated rings. The number of carbonyl (C=O) groups is 2. The molecule has 0 aliphatic carbocycles. The van der Waals surface area contributed by atoms with Crippen LogP contribution in [0.15, 0.2) is 79.0 Å². The maximum atomic E-state index is 12.1. The molecule has 1 aromatic heterocycles. The molecule has 3 rings (SSSR count). The summed E-state index contributed by atoms with van der Waals surface area (Å²) < 4.78 is 0. The monoisotopic (exact) mass is 365 g/mol. The van der Waals surface area contributed by atoms with Gasteiger partial charge in [0.05, 0.1) is 11.0 Å². The summed E-state index contributed by atoms with van der Waals surface area (Å²) in [4.78, 5) is 26.7. The van der Waals surface area contributed by atoms with Crippen molar-refractivity contribution in [3.8, 4) is 0 Å². The molecule has 26 heavy (non-hydrogen) atoms. The van der Waals surface area contributed by atoms with Gasteiger partial charge in [-0.1, -0.05) is 60.7 Å². The maximum Gasteiger partial charge on any atom is 0.286 e. The molecular formula is C20H19N3O2S. The van der Waals surface area contributed by atoms with Gasteiger partial charge in [0.1, 0.15) is 5.69 Å². The number of rotatable bonds is 6. The van der Waals surface area contributed by atoms with Crippen LogP contribution >= 0.6 is 11.8 Å². The molecule has 3 aromatic rings. The molecule has 132 valence electrons. The lowest BCUT2D eigenvalue weighted by atomic mass is 10.0. The Morgan fingerprint density at radius 3 is 2.00 bits per heavy atom. The molecule has 5 nitrogen and oxygen atoms in total. The van der Waals surface area contributed by atoms with E-state index >= 15 is 0 Å². The Labute approximate surface area is 156 Å². The lowest BCUT2D eigenvalue weighted by Gasteiger charge is -2.17. The summed E-state index contributed by atoms with van der Waals surface area (Å²) >= 11 is 1.51. The molecule has 0 unspecified atom stereocenters. The number of amides is 2. The molecule has 2 amide bonds. The molecule has 1 heterocycles. The SMILES string of the molecule is O=C(CSC(c1ccccc1)c1ccccc1)NNC(=O)c1ccc[nH]1. The molecular weight excluding hydrogens is 346 g/mol. The van der Waals surface area contributed by atoms with Crippen LogP contribution in [0.1, 0.15) is 26.9 Å². The number of aromatic amines is 1. The fourth-order valence-electron chi connectivity index (χ4n) is 2.50. The van der Waals surface area contributed by atoms with Gasteiger partial charge in [-0.2, -0.15) is 0 Å². The van der Waals surface area contributed by atoms with Gasteiger partial charge >= 0.3 is 0 Å². The van der Waals surface area contributed by atoms with Crippen LogP contribution in [-0.4, -0.2) is 22.6 Å². The van der Waals surface area contributed by atoms with Crippen molar-refractivity contribution in [2.45, 2.75) is 5.25 Å². The second kappa shape index (κ2) is 8.92. The van der Waals surface area contributed by atoms with Crippen molar-refractivity contribution >= 4 is 23.6 Å². The quantitative estimate of drug-likeness (QED) is 0.587. The number of benzene rings is 2. The zero-order valence-corrected chi connectivity index (χ0v) is 14.8. The van der Waals surface area contributed by atoms with Gasteiger partial charge in [-0.25, -0.2) is 0 Å². The average Bonchev–Trinajstić information content (AvgIpc) is 3.23. The van der Waals surface area contributed by atoms with Crippen molar-refractivity contribution < 1.29 is 9.59 Å². The first-order valence-electron chi connectivity index (χ1n) is 8.18. The van der Waals surface area contributed by atoms with Crippen molar-refractivity contribution in [2.75, 3.05) is 5.75 Å². The number of hydrogen-bond acceptors (Lipinski definition) is 3. The van der Waals surface area contributed by atoms with E-state index in [1.54, 1.807) is 18.3 Å². The zero-order valence-electron chi connectivity index (χ0n) is 14.0. The van der Waals surface area contributed by atoms with Crippen LogP contribution in [0.25, 0.3) is 0 Å². The lowest BCUT2D eigenvalue weighted by Crippen LogP contribution is -2.42. The Kier molecular flexibility index (Phi) is 6.11. The van der Waals surface area contributed by atoms with Crippen molar-refractivity contribution in [2.24, 2.45) is 0 Å². The van der Waals surface area contributed by atoms with Crippen molar-refractivity contribution in [1.82, 2.24) is 15.8 Å². The van der Waals surface area contributed by atoms with Gasteiger partial charge in [0.2, 0.25) is 5.91 Å². The van der Waals surface area contributed by atoms with E-state index in [1.807, 2.05) is 36.4 Å². The van der Waals surface area contributed by atoms with E-state index in [0.29, 0.717) is 5.69 Å². The Morgan fingerprint density at radius 2 is 1.46 bits per heavy atom. The molecule has 6 heteroatoms. The number of aromatic nitrogens is 1. The molecule has 2 aromatic carbocycles. The van der Waals surface area contributed by atoms with E-state index in [1.165, 1.54) is 11.8 Å². The predicted molar refractivity (Wildman–Crippen MR) is 104 cm³/mol. The third kappa shape index (κ3) is 4.77. The number of nitrogens with one attached hydrogen (secondary N) is 3. The Morgan fingerprint density at radius 1 is 0.846 bits per heavy atom. The van der Waals surface area contributed by atoms with Crippen LogP contribution in [0.3, 0.4) is 0 Å². The van der Waals surface area contributed by atoms with Gasteiger partial charge in [0.25, 0.3) is 5.91 Å². The molecule has 3 N–H and O–H groups in total. The van der Waals surface area contributed by atoms with E-state index < -0.39 is 0 Å². The summed E-state index contributed by atoms with van der Waals surface area (Å²) in [5.74, 6) is -0.415. The van der Waals surface area contributed by atoms with Crippen LogP contribution in [-0.2, 0) is 4.79 Å². The topological polar surface area (TPSA) is 74.0 Å². The highest BCUT2D eigenvalue weighted by Gasteiger charge is 2.16. The third-order valence-corrected chi connectivity index (χ3v) is 5.05. The van der Waals surface area contributed by atoms with E-state index in [-0.39, 0.29) is 22.8 Å². The fourth-order valence-corrected chi connectivity index (χ4v) is 3.59. The lowest BCUT2D eigenvalue weighted by molar-refractivity contribution is -0.119.